The molecule has 4 heteroatoms. The predicted molar refractivity (Wildman–Crippen MR) is 72.4 cm³/mol. The number of aromatic nitrogens is 1. The summed E-state index contributed by atoms with van der Waals surface area (Å²) in [5.41, 5.74) is 9.06. The number of carbonyl (C=O) groups is 1. The number of nitrogens with two attached hydrogens (primary N) is 1. The van der Waals surface area contributed by atoms with Crippen LogP contribution in [0.2, 0.25) is 0 Å². The minimum atomic E-state index is -0.126. The van der Waals surface area contributed by atoms with E-state index < -0.39 is 0 Å². The van der Waals surface area contributed by atoms with Gasteiger partial charge in [-0.15, -0.1) is 0 Å². The zero-order chi connectivity index (χ0) is 13.0. The van der Waals surface area contributed by atoms with Gasteiger partial charge in [0.15, 0.2) is 0 Å². The molecule has 0 aliphatic heterocycles. The van der Waals surface area contributed by atoms with Gasteiger partial charge >= 0.3 is 0 Å². The molecule has 0 bridgehead atoms. The van der Waals surface area contributed by atoms with Crippen LogP contribution in [0.4, 0.5) is 5.69 Å². The van der Waals surface area contributed by atoms with E-state index in [0.29, 0.717) is 17.9 Å². The molecule has 2 rings (SSSR count). The van der Waals surface area contributed by atoms with Gasteiger partial charge in [0, 0.05) is 18.4 Å². The molecule has 18 heavy (non-hydrogen) atoms. The number of amides is 1. The third-order valence-electron chi connectivity index (χ3n) is 2.73. The molecule has 0 spiro atoms. The van der Waals surface area contributed by atoms with Crippen LogP contribution in [0.25, 0.3) is 0 Å². The van der Waals surface area contributed by atoms with Crippen LogP contribution in [0.3, 0.4) is 0 Å². The van der Waals surface area contributed by atoms with E-state index in [2.05, 4.69) is 35.4 Å². The summed E-state index contributed by atoms with van der Waals surface area (Å²) < 4.78 is 0. The molecule has 1 aromatic carbocycles. The first-order chi connectivity index (χ1) is 8.65. The second-order valence-corrected chi connectivity index (χ2v) is 4.34. The molecule has 94 valence electrons. The predicted octanol–water partition coefficient (Wildman–Crippen LogP) is 1.88. The summed E-state index contributed by atoms with van der Waals surface area (Å²) in [7, 11) is 0. The lowest BCUT2D eigenvalue weighted by molar-refractivity contribution is 0.0950. The van der Waals surface area contributed by atoms with Gasteiger partial charge in [0.05, 0.1) is 0 Å². The lowest BCUT2D eigenvalue weighted by atomic mass is 10.1. The van der Waals surface area contributed by atoms with Crippen molar-refractivity contribution in [2.75, 3.05) is 12.3 Å². The number of nitrogens with one attached hydrogen (secondary N) is 2. The Morgan fingerprint density at radius 1 is 1.39 bits per heavy atom. The van der Waals surface area contributed by atoms with Crippen LogP contribution >= 0.6 is 0 Å². The number of rotatable bonds is 4. The zero-order valence-electron chi connectivity index (χ0n) is 10.4. The van der Waals surface area contributed by atoms with E-state index in [1.807, 2.05) is 6.07 Å². The molecule has 4 nitrogen and oxygen atoms in total. The van der Waals surface area contributed by atoms with E-state index in [1.165, 1.54) is 11.1 Å². The molecule has 0 aliphatic rings. The molecule has 0 atom stereocenters. The standard InChI is InChI=1S/C14H17N3O/c1-10-3-2-4-11(7-10)5-6-16-14(18)13-8-12(15)9-17-13/h2-4,7-9,17H,5-6,15H2,1H3,(H,16,18). The fourth-order valence-electron chi connectivity index (χ4n) is 1.83. The van der Waals surface area contributed by atoms with Crippen molar-refractivity contribution < 1.29 is 4.79 Å². The normalized spacial score (nSPS) is 10.3. The van der Waals surface area contributed by atoms with Gasteiger partial charge in [-0.25, -0.2) is 0 Å². The number of nitrogen functional groups attached to an aromatic ring is 1. The third kappa shape index (κ3) is 3.13. The van der Waals surface area contributed by atoms with Gasteiger partial charge in [0.2, 0.25) is 0 Å². The van der Waals surface area contributed by atoms with Gasteiger partial charge < -0.3 is 16.0 Å². The number of benzene rings is 1. The minimum absolute atomic E-state index is 0.126. The van der Waals surface area contributed by atoms with E-state index in [4.69, 9.17) is 5.73 Å². The van der Waals surface area contributed by atoms with E-state index >= 15 is 0 Å². The van der Waals surface area contributed by atoms with Crippen molar-refractivity contribution in [1.82, 2.24) is 10.3 Å². The Kier molecular flexibility index (Phi) is 3.67. The van der Waals surface area contributed by atoms with E-state index in [9.17, 15) is 4.79 Å². The number of H-pyrrole nitrogens is 1. The van der Waals surface area contributed by atoms with Crippen LogP contribution < -0.4 is 11.1 Å². The van der Waals surface area contributed by atoms with Crippen LogP contribution in [0, 0.1) is 6.92 Å². The summed E-state index contributed by atoms with van der Waals surface area (Å²) in [6, 6.07) is 9.90. The molecule has 1 aromatic heterocycles. The van der Waals surface area contributed by atoms with Gasteiger partial charge in [-0.05, 0) is 25.0 Å². The smallest absolute Gasteiger partial charge is 0.267 e. The first-order valence-electron chi connectivity index (χ1n) is 5.93. The van der Waals surface area contributed by atoms with Gasteiger partial charge in [0.1, 0.15) is 5.69 Å². The topological polar surface area (TPSA) is 70.9 Å². The molecular weight excluding hydrogens is 226 g/mol. The highest BCUT2D eigenvalue weighted by molar-refractivity contribution is 5.93. The number of aryl methyl sites for hydroxylation is 1. The van der Waals surface area contributed by atoms with Crippen LogP contribution in [0.1, 0.15) is 21.6 Å². The molecule has 1 heterocycles. The Balaban J connectivity index is 1.84. The molecule has 0 radical (unpaired) electrons. The Bertz CT molecular complexity index is 545. The van der Waals surface area contributed by atoms with Crippen molar-refractivity contribution in [3.05, 3.63) is 53.3 Å². The number of hydrogen-bond acceptors (Lipinski definition) is 2. The lowest BCUT2D eigenvalue weighted by Crippen LogP contribution is -2.25. The van der Waals surface area contributed by atoms with Crippen molar-refractivity contribution in [2.24, 2.45) is 0 Å². The summed E-state index contributed by atoms with van der Waals surface area (Å²) in [6.45, 7) is 2.67. The summed E-state index contributed by atoms with van der Waals surface area (Å²) in [5.74, 6) is -0.126. The average molecular weight is 243 g/mol. The van der Waals surface area contributed by atoms with E-state index in [1.54, 1.807) is 12.3 Å². The first-order valence-corrected chi connectivity index (χ1v) is 5.93. The maximum atomic E-state index is 11.7. The van der Waals surface area contributed by atoms with Gasteiger partial charge in [-0.3, -0.25) is 4.79 Å². The highest BCUT2D eigenvalue weighted by atomic mass is 16.1. The van der Waals surface area contributed by atoms with Gasteiger partial charge in [-0.2, -0.15) is 0 Å². The third-order valence-corrected chi connectivity index (χ3v) is 2.73. The average Bonchev–Trinajstić information content (AvgIpc) is 2.76. The maximum absolute atomic E-state index is 11.7. The maximum Gasteiger partial charge on any atom is 0.267 e. The van der Waals surface area contributed by atoms with E-state index in [0.717, 1.165) is 6.42 Å². The van der Waals surface area contributed by atoms with Crippen LogP contribution in [0.15, 0.2) is 36.5 Å². The zero-order valence-corrected chi connectivity index (χ0v) is 10.4. The number of carbonyl (C=O) groups excluding carboxylic acids is 1. The summed E-state index contributed by atoms with van der Waals surface area (Å²) >= 11 is 0. The fraction of sp³-hybridized carbons (Fsp3) is 0.214. The highest BCUT2D eigenvalue weighted by Crippen LogP contribution is 2.05. The van der Waals surface area contributed by atoms with Crippen molar-refractivity contribution in [3.8, 4) is 0 Å². The molecule has 0 aliphatic carbocycles. The molecule has 0 saturated carbocycles. The van der Waals surface area contributed by atoms with Crippen molar-refractivity contribution in [3.63, 3.8) is 0 Å². The molecule has 4 N–H and O–H groups in total. The number of anilines is 1. The molecule has 2 aromatic rings. The summed E-state index contributed by atoms with van der Waals surface area (Å²) in [4.78, 5) is 14.5. The largest absolute Gasteiger partial charge is 0.397 e. The molecule has 0 saturated heterocycles. The minimum Gasteiger partial charge on any atom is -0.397 e. The Labute approximate surface area is 106 Å². The SMILES string of the molecule is Cc1cccc(CCNC(=O)c2cc(N)c[nH]2)c1. The van der Waals surface area contributed by atoms with Gasteiger partial charge in [0.25, 0.3) is 5.91 Å². The van der Waals surface area contributed by atoms with Crippen LogP contribution in [-0.2, 0) is 6.42 Å². The Morgan fingerprint density at radius 3 is 2.89 bits per heavy atom. The van der Waals surface area contributed by atoms with Gasteiger partial charge in [-0.1, -0.05) is 29.8 Å². The Morgan fingerprint density at radius 2 is 2.22 bits per heavy atom. The number of aromatic amines is 1. The second-order valence-electron chi connectivity index (χ2n) is 4.34. The molecule has 0 fully saturated rings. The second kappa shape index (κ2) is 5.40. The number of hydrogen-bond donors (Lipinski definition) is 3. The monoisotopic (exact) mass is 243 g/mol. The van der Waals surface area contributed by atoms with E-state index in [-0.39, 0.29) is 5.91 Å². The van der Waals surface area contributed by atoms with Crippen molar-refractivity contribution in [1.29, 1.82) is 0 Å². The van der Waals surface area contributed by atoms with Crippen molar-refractivity contribution in [2.45, 2.75) is 13.3 Å². The van der Waals surface area contributed by atoms with Crippen LogP contribution in [0.5, 0.6) is 0 Å². The van der Waals surface area contributed by atoms with Crippen molar-refractivity contribution >= 4 is 11.6 Å². The molecular formula is C14H17N3O. The fourth-order valence-corrected chi connectivity index (χ4v) is 1.83. The summed E-state index contributed by atoms with van der Waals surface area (Å²) in [5, 5.41) is 2.85. The first kappa shape index (κ1) is 12.2. The highest BCUT2D eigenvalue weighted by Gasteiger charge is 2.06. The Hall–Kier alpha value is -2.23. The quantitative estimate of drug-likeness (QED) is 0.767. The van der Waals surface area contributed by atoms with Crippen LogP contribution in [-0.4, -0.2) is 17.4 Å². The molecule has 1 amide bonds. The lowest BCUT2D eigenvalue weighted by Gasteiger charge is -2.04. The molecule has 0 unspecified atom stereocenters. The summed E-state index contributed by atoms with van der Waals surface area (Å²) in [6.07, 6.45) is 2.43.